The van der Waals surface area contributed by atoms with E-state index in [2.05, 4.69) is 36.9 Å². The number of nitrogens with zero attached hydrogens (tertiary/aromatic N) is 3. The molecule has 20 heavy (non-hydrogen) atoms. The molecule has 3 heterocycles. The van der Waals surface area contributed by atoms with E-state index in [9.17, 15) is 0 Å². The minimum atomic E-state index is 0.475. The third-order valence-electron chi connectivity index (χ3n) is 3.36. The van der Waals surface area contributed by atoms with Crippen molar-refractivity contribution in [3.8, 4) is 11.4 Å². The van der Waals surface area contributed by atoms with Gasteiger partial charge in [-0.3, -0.25) is 4.98 Å². The number of halogens is 2. The van der Waals surface area contributed by atoms with Crippen LogP contribution >= 0.6 is 38.9 Å². The summed E-state index contributed by atoms with van der Waals surface area (Å²) in [4.78, 5) is 13.5. The Morgan fingerprint density at radius 3 is 2.95 bits per heavy atom. The van der Waals surface area contributed by atoms with Crippen LogP contribution in [0.15, 0.2) is 28.2 Å². The summed E-state index contributed by atoms with van der Waals surface area (Å²) >= 11 is 11.4. The van der Waals surface area contributed by atoms with E-state index in [1.807, 2.05) is 17.6 Å². The fourth-order valence-electron chi connectivity index (χ4n) is 2.16. The zero-order chi connectivity index (χ0) is 13.7. The molecular weight excluding hydrogens is 358 g/mol. The minimum Gasteiger partial charge on any atom is -0.255 e. The first-order valence-corrected chi connectivity index (χ1v) is 8.34. The molecule has 0 aliphatic heterocycles. The summed E-state index contributed by atoms with van der Waals surface area (Å²) in [6.07, 6.45) is 4.16. The summed E-state index contributed by atoms with van der Waals surface area (Å²) in [6, 6.07) is 4.08. The molecular formula is C14H9BrClN3S. The van der Waals surface area contributed by atoms with Crippen LogP contribution < -0.4 is 0 Å². The fraction of sp³-hybridized carbons (Fsp3) is 0.214. The van der Waals surface area contributed by atoms with Crippen molar-refractivity contribution >= 4 is 49.1 Å². The molecule has 3 aromatic rings. The van der Waals surface area contributed by atoms with Crippen LogP contribution in [0, 0.1) is 0 Å². The molecule has 1 fully saturated rings. The second-order valence-corrected chi connectivity index (χ2v) is 6.94. The van der Waals surface area contributed by atoms with Gasteiger partial charge < -0.3 is 0 Å². The second kappa shape index (κ2) is 4.76. The SMILES string of the molecule is Clc1nc(-c2cnc3ccsc3c2)nc(C2CC2)c1Br. The Labute approximate surface area is 133 Å². The Balaban J connectivity index is 1.88. The quantitative estimate of drug-likeness (QED) is 0.596. The first kappa shape index (κ1) is 12.7. The van der Waals surface area contributed by atoms with Gasteiger partial charge in [0.25, 0.3) is 0 Å². The molecule has 3 aromatic heterocycles. The lowest BCUT2D eigenvalue weighted by Gasteiger charge is -2.07. The van der Waals surface area contributed by atoms with E-state index < -0.39 is 0 Å². The zero-order valence-corrected chi connectivity index (χ0v) is 13.5. The lowest BCUT2D eigenvalue weighted by atomic mass is 10.2. The average molecular weight is 367 g/mol. The maximum absolute atomic E-state index is 6.22. The van der Waals surface area contributed by atoms with Gasteiger partial charge in [-0.2, -0.15) is 0 Å². The summed E-state index contributed by atoms with van der Waals surface area (Å²) in [6.45, 7) is 0. The molecule has 0 spiro atoms. The normalized spacial score (nSPS) is 14.9. The fourth-order valence-corrected chi connectivity index (χ4v) is 3.62. The molecule has 0 unspecified atom stereocenters. The van der Waals surface area contributed by atoms with E-state index >= 15 is 0 Å². The number of aromatic nitrogens is 3. The van der Waals surface area contributed by atoms with E-state index in [1.54, 1.807) is 11.3 Å². The van der Waals surface area contributed by atoms with Crippen molar-refractivity contribution in [3.05, 3.63) is 39.0 Å². The van der Waals surface area contributed by atoms with E-state index in [0.29, 0.717) is 16.9 Å². The summed E-state index contributed by atoms with van der Waals surface area (Å²) in [5.41, 5.74) is 2.94. The molecule has 0 atom stereocenters. The van der Waals surface area contributed by atoms with Gasteiger partial charge in [-0.15, -0.1) is 11.3 Å². The van der Waals surface area contributed by atoms with Gasteiger partial charge in [-0.1, -0.05) is 11.6 Å². The smallest absolute Gasteiger partial charge is 0.162 e. The van der Waals surface area contributed by atoms with Gasteiger partial charge in [-0.25, -0.2) is 9.97 Å². The Hall–Kier alpha value is -1.04. The third kappa shape index (κ3) is 2.14. The van der Waals surface area contributed by atoms with Gasteiger partial charge in [0.1, 0.15) is 5.15 Å². The molecule has 1 aliphatic carbocycles. The molecule has 0 N–H and O–H groups in total. The van der Waals surface area contributed by atoms with Crippen LogP contribution in [0.2, 0.25) is 5.15 Å². The van der Waals surface area contributed by atoms with Crippen molar-refractivity contribution in [2.75, 3.05) is 0 Å². The largest absolute Gasteiger partial charge is 0.255 e. The molecule has 4 rings (SSSR count). The standard InChI is InChI=1S/C14H9BrClN3S/c15-11-12(7-1-2-7)18-14(19-13(11)16)8-5-10-9(17-6-8)3-4-20-10/h3-7H,1-2H2. The predicted molar refractivity (Wildman–Crippen MR) is 85.3 cm³/mol. The maximum Gasteiger partial charge on any atom is 0.162 e. The van der Waals surface area contributed by atoms with Gasteiger partial charge in [0.05, 0.1) is 20.4 Å². The van der Waals surface area contributed by atoms with Gasteiger partial charge in [-0.05, 0) is 46.3 Å². The van der Waals surface area contributed by atoms with Crippen LogP contribution in [-0.4, -0.2) is 15.0 Å². The Morgan fingerprint density at radius 2 is 2.15 bits per heavy atom. The lowest BCUT2D eigenvalue weighted by Crippen LogP contribution is -1.97. The monoisotopic (exact) mass is 365 g/mol. The Bertz CT molecular complexity index is 813. The van der Waals surface area contributed by atoms with Crippen molar-refractivity contribution in [1.29, 1.82) is 0 Å². The molecule has 3 nitrogen and oxygen atoms in total. The predicted octanol–water partition coefficient (Wildman–Crippen LogP) is 5.05. The number of hydrogen-bond donors (Lipinski definition) is 0. The molecule has 100 valence electrons. The zero-order valence-electron chi connectivity index (χ0n) is 10.3. The van der Waals surface area contributed by atoms with Gasteiger partial charge in [0.2, 0.25) is 0 Å². The van der Waals surface area contributed by atoms with E-state index in [-0.39, 0.29) is 0 Å². The molecule has 0 radical (unpaired) electrons. The Morgan fingerprint density at radius 1 is 1.30 bits per heavy atom. The highest BCUT2D eigenvalue weighted by Gasteiger charge is 2.29. The number of fused-ring (bicyclic) bond motifs is 1. The molecule has 0 saturated heterocycles. The van der Waals surface area contributed by atoms with Crippen LogP contribution in [0.5, 0.6) is 0 Å². The number of hydrogen-bond acceptors (Lipinski definition) is 4. The highest BCUT2D eigenvalue weighted by molar-refractivity contribution is 9.10. The first-order chi connectivity index (χ1) is 9.72. The maximum atomic E-state index is 6.22. The van der Waals surface area contributed by atoms with Crippen LogP contribution in [-0.2, 0) is 0 Å². The number of rotatable bonds is 2. The van der Waals surface area contributed by atoms with E-state index in [0.717, 1.165) is 25.9 Å². The molecule has 0 amide bonds. The van der Waals surface area contributed by atoms with Crippen molar-refractivity contribution in [2.45, 2.75) is 18.8 Å². The lowest BCUT2D eigenvalue weighted by molar-refractivity contribution is 0.979. The van der Waals surface area contributed by atoms with Crippen molar-refractivity contribution in [1.82, 2.24) is 15.0 Å². The van der Waals surface area contributed by atoms with E-state index in [1.165, 1.54) is 12.8 Å². The number of pyridine rings is 1. The third-order valence-corrected chi connectivity index (χ3v) is 5.50. The minimum absolute atomic E-state index is 0.475. The molecule has 0 aromatic carbocycles. The highest BCUT2D eigenvalue weighted by atomic mass is 79.9. The first-order valence-electron chi connectivity index (χ1n) is 6.29. The summed E-state index contributed by atoms with van der Waals surface area (Å²) < 4.78 is 1.97. The van der Waals surface area contributed by atoms with Gasteiger partial charge >= 0.3 is 0 Å². The van der Waals surface area contributed by atoms with Crippen LogP contribution in [0.1, 0.15) is 24.5 Å². The molecule has 1 aliphatic rings. The van der Waals surface area contributed by atoms with Gasteiger partial charge in [0, 0.05) is 17.7 Å². The second-order valence-electron chi connectivity index (χ2n) is 4.84. The average Bonchev–Trinajstić information content (AvgIpc) is 3.18. The van der Waals surface area contributed by atoms with Crippen molar-refractivity contribution < 1.29 is 0 Å². The Kier molecular flexibility index (Phi) is 3.02. The molecule has 6 heteroatoms. The van der Waals surface area contributed by atoms with Crippen molar-refractivity contribution in [3.63, 3.8) is 0 Å². The highest BCUT2D eigenvalue weighted by Crippen LogP contribution is 2.44. The molecule has 1 saturated carbocycles. The summed E-state index contributed by atoms with van der Waals surface area (Å²) in [7, 11) is 0. The molecule has 0 bridgehead atoms. The van der Waals surface area contributed by atoms with Crippen LogP contribution in [0.3, 0.4) is 0 Å². The van der Waals surface area contributed by atoms with Crippen LogP contribution in [0.25, 0.3) is 21.6 Å². The topological polar surface area (TPSA) is 38.7 Å². The van der Waals surface area contributed by atoms with E-state index in [4.69, 9.17) is 11.6 Å². The number of thiophene rings is 1. The van der Waals surface area contributed by atoms with Crippen molar-refractivity contribution in [2.24, 2.45) is 0 Å². The summed E-state index contributed by atoms with van der Waals surface area (Å²) in [5, 5.41) is 2.51. The van der Waals surface area contributed by atoms with Crippen LogP contribution in [0.4, 0.5) is 0 Å². The van der Waals surface area contributed by atoms with Gasteiger partial charge in [0.15, 0.2) is 5.82 Å². The summed E-state index contributed by atoms with van der Waals surface area (Å²) in [5.74, 6) is 1.17.